The molecule has 1 heterocycles. The Morgan fingerprint density at radius 1 is 1.53 bits per heavy atom. The van der Waals surface area contributed by atoms with Crippen molar-refractivity contribution in [3.63, 3.8) is 0 Å². The van der Waals surface area contributed by atoms with Crippen molar-refractivity contribution >= 4 is 17.4 Å². The maximum atomic E-state index is 13.9. The molecule has 0 N–H and O–H groups in total. The molecule has 0 atom stereocenters. The number of rotatable bonds is 4. The molecule has 0 saturated heterocycles. The van der Waals surface area contributed by atoms with Crippen LogP contribution in [0.4, 0.5) is 4.39 Å². The van der Waals surface area contributed by atoms with Gasteiger partial charge < -0.3 is 4.74 Å². The number of hydrogen-bond acceptors (Lipinski definition) is 3. The van der Waals surface area contributed by atoms with E-state index in [-0.39, 0.29) is 16.3 Å². The van der Waals surface area contributed by atoms with Crippen molar-refractivity contribution in [3.8, 4) is 5.75 Å². The van der Waals surface area contributed by atoms with E-state index in [1.54, 1.807) is 0 Å². The van der Waals surface area contributed by atoms with Gasteiger partial charge in [-0.25, -0.2) is 4.39 Å². The van der Waals surface area contributed by atoms with Gasteiger partial charge in [-0.05, 0) is 19.1 Å². The monoisotopic (exact) mass is 282 g/mol. The average Bonchev–Trinajstić information content (AvgIpc) is 2.84. The average molecular weight is 283 g/mol. The van der Waals surface area contributed by atoms with Crippen LogP contribution in [0.15, 0.2) is 24.4 Å². The zero-order valence-corrected chi connectivity index (χ0v) is 11.2. The zero-order chi connectivity index (χ0) is 14.0. The number of methoxy groups -OCH3 is 1. The fraction of sp³-hybridized carbons (Fsp3) is 0.231. The number of nitrogens with zero attached hydrogens (tertiary/aromatic N) is 2. The fourth-order valence-corrected chi connectivity index (χ4v) is 1.97. The molecular formula is C13H12ClFN2O2. The molecule has 4 nitrogen and oxygen atoms in total. The Morgan fingerprint density at radius 3 is 2.89 bits per heavy atom. The molecular weight excluding hydrogens is 271 g/mol. The second-order valence-electron chi connectivity index (χ2n) is 3.81. The summed E-state index contributed by atoms with van der Waals surface area (Å²) in [5.74, 6) is -0.928. The standard InChI is InChI=1S/C13H12ClFN2O2/c1-3-17-12(10(19-2)7-16-17)13(18)8-5-4-6-9(14)11(8)15/h4-7H,3H2,1-2H3. The first-order valence-corrected chi connectivity index (χ1v) is 6.06. The van der Waals surface area contributed by atoms with Gasteiger partial charge in [-0.3, -0.25) is 9.48 Å². The van der Waals surface area contributed by atoms with Crippen LogP contribution in [0.5, 0.6) is 5.75 Å². The van der Waals surface area contributed by atoms with Crippen LogP contribution in [-0.4, -0.2) is 22.7 Å². The third-order valence-corrected chi connectivity index (χ3v) is 3.03. The molecule has 0 spiro atoms. The van der Waals surface area contributed by atoms with Gasteiger partial charge in [0.1, 0.15) is 0 Å². The Hall–Kier alpha value is -1.88. The lowest BCUT2D eigenvalue weighted by Crippen LogP contribution is -2.13. The van der Waals surface area contributed by atoms with Crippen LogP contribution in [0.25, 0.3) is 0 Å². The third-order valence-electron chi connectivity index (χ3n) is 2.74. The predicted molar refractivity (Wildman–Crippen MR) is 69.3 cm³/mol. The number of carbonyl (C=O) groups is 1. The van der Waals surface area contributed by atoms with Crippen molar-refractivity contribution in [2.45, 2.75) is 13.5 Å². The van der Waals surface area contributed by atoms with Gasteiger partial charge in [-0.2, -0.15) is 5.10 Å². The predicted octanol–water partition coefficient (Wildman–Crippen LogP) is 2.94. The number of ketones is 1. The summed E-state index contributed by atoms with van der Waals surface area (Å²) in [5.41, 5.74) is 0.118. The second-order valence-corrected chi connectivity index (χ2v) is 4.22. The highest BCUT2D eigenvalue weighted by Gasteiger charge is 2.23. The van der Waals surface area contributed by atoms with Crippen LogP contribution in [0.1, 0.15) is 23.0 Å². The summed E-state index contributed by atoms with van der Waals surface area (Å²) >= 11 is 5.69. The highest BCUT2D eigenvalue weighted by Crippen LogP contribution is 2.25. The summed E-state index contributed by atoms with van der Waals surface area (Å²) in [5, 5.41) is 3.93. The Bertz CT molecular complexity index is 604. The molecule has 0 aliphatic heterocycles. The summed E-state index contributed by atoms with van der Waals surface area (Å²) < 4.78 is 20.4. The van der Waals surface area contributed by atoms with Crippen LogP contribution in [0, 0.1) is 5.82 Å². The van der Waals surface area contributed by atoms with E-state index >= 15 is 0 Å². The van der Waals surface area contributed by atoms with Crippen molar-refractivity contribution in [2.75, 3.05) is 7.11 Å². The summed E-state index contributed by atoms with van der Waals surface area (Å²) in [6.45, 7) is 2.31. The number of halogens is 2. The number of aromatic nitrogens is 2. The van der Waals surface area contributed by atoms with Crippen molar-refractivity contribution in [3.05, 3.63) is 46.5 Å². The first kappa shape index (κ1) is 13.5. The van der Waals surface area contributed by atoms with E-state index in [0.29, 0.717) is 12.3 Å². The van der Waals surface area contributed by atoms with Gasteiger partial charge in [-0.1, -0.05) is 17.7 Å². The molecule has 2 aromatic rings. The van der Waals surface area contributed by atoms with Gasteiger partial charge in [-0.15, -0.1) is 0 Å². The first-order valence-electron chi connectivity index (χ1n) is 5.68. The molecule has 0 saturated carbocycles. The Balaban J connectivity index is 2.55. The quantitative estimate of drug-likeness (QED) is 0.810. The van der Waals surface area contributed by atoms with E-state index < -0.39 is 11.6 Å². The van der Waals surface area contributed by atoms with Crippen molar-refractivity contribution in [2.24, 2.45) is 0 Å². The van der Waals surface area contributed by atoms with Crippen molar-refractivity contribution < 1.29 is 13.9 Å². The lowest BCUT2D eigenvalue weighted by molar-refractivity contribution is 0.102. The normalized spacial score (nSPS) is 10.5. The Morgan fingerprint density at radius 2 is 2.26 bits per heavy atom. The zero-order valence-electron chi connectivity index (χ0n) is 10.5. The van der Waals surface area contributed by atoms with Crippen molar-refractivity contribution in [1.82, 2.24) is 9.78 Å². The smallest absolute Gasteiger partial charge is 0.217 e. The molecule has 0 bridgehead atoms. The largest absolute Gasteiger partial charge is 0.493 e. The van der Waals surface area contributed by atoms with Gasteiger partial charge in [0.2, 0.25) is 5.78 Å². The topological polar surface area (TPSA) is 44.1 Å². The van der Waals surface area contributed by atoms with Crippen LogP contribution >= 0.6 is 11.6 Å². The molecule has 0 aliphatic carbocycles. The van der Waals surface area contributed by atoms with Crippen LogP contribution in [0.3, 0.4) is 0 Å². The van der Waals surface area contributed by atoms with Crippen LogP contribution in [0.2, 0.25) is 5.02 Å². The number of hydrogen-bond donors (Lipinski definition) is 0. The Kier molecular flexibility index (Phi) is 3.85. The summed E-state index contributed by atoms with van der Waals surface area (Å²) in [7, 11) is 1.43. The minimum Gasteiger partial charge on any atom is -0.493 e. The van der Waals surface area contributed by atoms with E-state index in [1.165, 1.54) is 36.2 Å². The SMILES string of the molecule is CCn1ncc(OC)c1C(=O)c1cccc(Cl)c1F. The van der Waals surface area contributed by atoms with Gasteiger partial charge in [0.15, 0.2) is 17.3 Å². The van der Waals surface area contributed by atoms with Crippen molar-refractivity contribution in [1.29, 1.82) is 0 Å². The number of ether oxygens (including phenoxy) is 1. The molecule has 0 amide bonds. The fourth-order valence-electron chi connectivity index (χ4n) is 1.79. The molecule has 1 aromatic carbocycles. The summed E-state index contributed by atoms with van der Waals surface area (Å²) in [4.78, 5) is 12.4. The lowest BCUT2D eigenvalue weighted by atomic mass is 10.1. The maximum Gasteiger partial charge on any atom is 0.217 e. The molecule has 19 heavy (non-hydrogen) atoms. The van der Waals surface area contributed by atoms with E-state index in [1.807, 2.05) is 6.92 Å². The number of benzene rings is 1. The van der Waals surface area contributed by atoms with Crippen LogP contribution in [-0.2, 0) is 6.54 Å². The molecule has 2 rings (SSSR count). The molecule has 0 aliphatic rings. The van der Waals surface area contributed by atoms with Gasteiger partial charge in [0.05, 0.1) is 23.9 Å². The van der Waals surface area contributed by atoms with Gasteiger partial charge >= 0.3 is 0 Å². The number of carbonyl (C=O) groups excluding carboxylic acids is 1. The Labute approximate surface area is 114 Å². The minimum atomic E-state index is -0.736. The molecule has 6 heteroatoms. The first-order chi connectivity index (χ1) is 9.10. The summed E-state index contributed by atoms with van der Waals surface area (Å²) in [6.07, 6.45) is 1.43. The third kappa shape index (κ3) is 2.33. The number of aryl methyl sites for hydroxylation is 1. The van der Waals surface area contributed by atoms with E-state index in [0.717, 1.165) is 0 Å². The molecule has 100 valence electrons. The highest BCUT2D eigenvalue weighted by atomic mass is 35.5. The summed E-state index contributed by atoms with van der Waals surface area (Å²) in [6, 6.07) is 4.30. The molecule has 1 aromatic heterocycles. The van der Waals surface area contributed by atoms with E-state index in [2.05, 4.69) is 5.10 Å². The molecule has 0 fully saturated rings. The van der Waals surface area contributed by atoms with E-state index in [4.69, 9.17) is 16.3 Å². The minimum absolute atomic E-state index is 0.0904. The lowest BCUT2D eigenvalue weighted by Gasteiger charge is -2.07. The highest BCUT2D eigenvalue weighted by molar-refractivity contribution is 6.31. The molecule has 0 unspecified atom stereocenters. The van der Waals surface area contributed by atoms with Gasteiger partial charge in [0, 0.05) is 6.54 Å². The van der Waals surface area contributed by atoms with E-state index in [9.17, 15) is 9.18 Å². The van der Waals surface area contributed by atoms with Gasteiger partial charge in [0.25, 0.3) is 0 Å². The van der Waals surface area contributed by atoms with Crippen LogP contribution < -0.4 is 4.74 Å². The second kappa shape index (κ2) is 5.40. The maximum absolute atomic E-state index is 13.9. The molecule has 0 radical (unpaired) electrons.